The van der Waals surface area contributed by atoms with Crippen LogP contribution < -0.4 is 11.1 Å². The Morgan fingerprint density at radius 2 is 2.33 bits per heavy atom. The van der Waals surface area contributed by atoms with E-state index in [9.17, 15) is 4.79 Å². The van der Waals surface area contributed by atoms with Gasteiger partial charge >= 0.3 is 0 Å². The maximum atomic E-state index is 12.2. The van der Waals surface area contributed by atoms with Crippen molar-refractivity contribution in [3.05, 3.63) is 0 Å². The summed E-state index contributed by atoms with van der Waals surface area (Å²) in [5.74, 6) is 0.267. The van der Waals surface area contributed by atoms with Crippen molar-refractivity contribution < 1.29 is 14.7 Å². The minimum absolute atomic E-state index is 0.0296. The van der Waals surface area contributed by atoms with Gasteiger partial charge in [-0.25, -0.2) is 0 Å². The highest BCUT2D eigenvalue weighted by Gasteiger charge is 2.48. The monoisotopic (exact) mass is 255 g/mol. The summed E-state index contributed by atoms with van der Waals surface area (Å²) in [5, 5.41) is 14.7. The van der Waals surface area contributed by atoms with Crippen molar-refractivity contribution in [1.29, 1.82) is 0 Å². The van der Waals surface area contributed by atoms with Crippen molar-refractivity contribution in [3.8, 4) is 0 Å². The first-order valence-corrected chi connectivity index (χ1v) is 6.48. The molecule has 2 fully saturated rings. The molecule has 1 heterocycles. The third-order valence-corrected chi connectivity index (χ3v) is 4.30. The maximum absolute atomic E-state index is 12.2. The van der Waals surface area contributed by atoms with Gasteiger partial charge in [-0.05, 0) is 26.2 Å². The van der Waals surface area contributed by atoms with Crippen LogP contribution in [0.2, 0.25) is 0 Å². The Labute approximate surface area is 107 Å². The molecule has 0 aromatic heterocycles. The highest BCUT2D eigenvalue weighted by molar-refractivity contribution is 6.07. The van der Waals surface area contributed by atoms with Crippen LogP contribution in [0.1, 0.15) is 32.6 Å². The minimum atomic E-state index is -0.780. The second kappa shape index (κ2) is 5.14. The summed E-state index contributed by atoms with van der Waals surface area (Å²) in [5.41, 5.74) is 4.86. The van der Waals surface area contributed by atoms with Gasteiger partial charge in [0.25, 0.3) is 0 Å². The lowest BCUT2D eigenvalue weighted by Gasteiger charge is -2.38. The van der Waals surface area contributed by atoms with Crippen molar-refractivity contribution in [1.82, 2.24) is 5.32 Å². The largest absolute Gasteiger partial charge is 0.409 e. The van der Waals surface area contributed by atoms with E-state index >= 15 is 0 Å². The molecule has 2 rings (SSSR count). The van der Waals surface area contributed by atoms with E-state index in [0.29, 0.717) is 25.3 Å². The zero-order chi connectivity index (χ0) is 13.2. The van der Waals surface area contributed by atoms with E-state index in [1.54, 1.807) is 0 Å². The van der Waals surface area contributed by atoms with Gasteiger partial charge in [-0.1, -0.05) is 11.6 Å². The molecule has 4 N–H and O–H groups in total. The average molecular weight is 255 g/mol. The van der Waals surface area contributed by atoms with Crippen LogP contribution in [0.4, 0.5) is 0 Å². The molecule has 18 heavy (non-hydrogen) atoms. The van der Waals surface area contributed by atoms with Gasteiger partial charge in [0, 0.05) is 19.1 Å². The first kappa shape index (κ1) is 13.1. The molecule has 0 aromatic rings. The standard InChI is InChI=1S/C12H21N3O3/c1-8-9(3-6-18-8)7-14-11(16)12(4-2-5-12)10(13)15-17/h8-9,17H,2-7H2,1H3,(H2,13,15)(H,14,16). The molecule has 2 aliphatic rings. The summed E-state index contributed by atoms with van der Waals surface area (Å²) in [6.07, 6.45) is 3.41. The van der Waals surface area contributed by atoms with Crippen molar-refractivity contribution in [3.63, 3.8) is 0 Å². The number of hydrogen-bond donors (Lipinski definition) is 3. The quantitative estimate of drug-likeness (QED) is 0.294. The summed E-state index contributed by atoms with van der Waals surface area (Å²) in [6, 6.07) is 0. The fourth-order valence-corrected chi connectivity index (χ4v) is 2.66. The number of oxime groups is 1. The topological polar surface area (TPSA) is 96.9 Å². The number of carbonyl (C=O) groups excluding carboxylic acids is 1. The summed E-state index contributed by atoms with van der Waals surface area (Å²) < 4.78 is 5.45. The summed E-state index contributed by atoms with van der Waals surface area (Å²) in [7, 11) is 0. The number of nitrogens with one attached hydrogen (secondary N) is 1. The van der Waals surface area contributed by atoms with Crippen molar-refractivity contribution in [2.45, 2.75) is 38.7 Å². The lowest BCUT2D eigenvalue weighted by Crippen LogP contribution is -2.54. The highest BCUT2D eigenvalue weighted by Crippen LogP contribution is 2.41. The molecular weight excluding hydrogens is 234 g/mol. The maximum Gasteiger partial charge on any atom is 0.233 e. The van der Waals surface area contributed by atoms with Gasteiger partial charge in [0.15, 0.2) is 5.84 Å². The number of amides is 1. The van der Waals surface area contributed by atoms with Gasteiger partial charge in [-0.3, -0.25) is 4.79 Å². The Hall–Kier alpha value is -1.30. The molecule has 1 amide bonds. The lowest BCUT2D eigenvalue weighted by molar-refractivity contribution is -0.131. The second-order valence-corrected chi connectivity index (χ2v) is 5.26. The van der Waals surface area contributed by atoms with Crippen LogP contribution in [-0.2, 0) is 9.53 Å². The first-order valence-electron chi connectivity index (χ1n) is 6.48. The fourth-order valence-electron chi connectivity index (χ4n) is 2.66. The molecular formula is C12H21N3O3. The van der Waals surface area contributed by atoms with Crippen LogP contribution in [0.5, 0.6) is 0 Å². The van der Waals surface area contributed by atoms with Crippen LogP contribution in [0, 0.1) is 11.3 Å². The Balaban J connectivity index is 1.91. The van der Waals surface area contributed by atoms with Gasteiger partial charge in [-0.15, -0.1) is 0 Å². The van der Waals surface area contributed by atoms with Gasteiger partial charge in [0.05, 0.1) is 6.10 Å². The zero-order valence-corrected chi connectivity index (χ0v) is 10.7. The molecule has 1 aliphatic carbocycles. The number of ether oxygens (including phenoxy) is 1. The zero-order valence-electron chi connectivity index (χ0n) is 10.7. The van der Waals surface area contributed by atoms with E-state index in [-0.39, 0.29) is 17.8 Å². The van der Waals surface area contributed by atoms with Gasteiger partial charge in [-0.2, -0.15) is 0 Å². The van der Waals surface area contributed by atoms with Gasteiger partial charge in [0.1, 0.15) is 5.41 Å². The van der Waals surface area contributed by atoms with E-state index < -0.39 is 5.41 Å². The predicted octanol–water partition coefficient (Wildman–Crippen LogP) is 0.444. The smallest absolute Gasteiger partial charge is 0.233 e. The molecule has 0 bridgehead atoms. The molecule has 6 heteroatoms. The van der Waals surface area contributed by atoms with E-state index in [4.69, 9.17) is 15.7 Å². The lowest BCUT2D eigenvalue weighted by atomic mass is 9.67. The van der Waals surface area contributed by atoms with Crippen LogP contribution in [-0.4, -0.2) is 36.2 Å². The van der Waals surface area contributed by atoms with Crippen molar-refractivity contribution in [2.24, 2.45) is 22.2 Å². The fraction of sp³-hybridized carbons (Fsp3) is 0.833. The Kier molecular flexibility index (Phi) is 3.75. The number of hydrogen-bond acceptors (Lipinski definition) is 4. The van der Waals surface area contributed by atoms with E-state index in [1.165, 1.54) is 0 Å². The van der Waals surface area contributed by atoms with Crippen molar-refractivity contribution >= 4 is 11.7 Å². The SMILES string of the molecule is CC1OCCC1CNC(=O)C1(C(N)=NO)CCC1. The summed E-state index contributed by atoms with van der Waals surface area (Å²) in [6.45, 7) is 3.38. The Morgan fingerprint density at radius 3 is 2.78 bits per heavy atom. The van der Waals surface area contributed by atoms with Gasteiger partial charge in [0.2, 0.25) is 5.91 Å². The molecule has 2 unspecified atom stereocenters. The molecule has 2 atom stereocenters. The van der Waals surface area contributed by atoms with Crippen LogP contribution >= 0.6 is 0 Å². The Bertz CT molecular complexity index is 352. The molecule has 0 spiro atoms. The molecule has 6 nitrogen and oxygen atoms in total. The third-order valence-electron chi connectivity index (χ3n) is 4.30. The van der Waals surface area contributed by atoms with Crippen molar-refractivity contribution in [2.75, 3.05) is 13.2 Å². The number of rotatable bonds is 4. The van der Waals surface area contributed by atoms with E-state index in [1.807, 2.05) is 6.92 Å². The second-order valence-electron chi connectivity index (χ2n) is 5.26. The molecule has 1 saturated heterocycles. The molecule has 0 radical (unpaired) electrons. The summed E-state index contributed by atoms with van der Waals surface area (Å²) >= 11 is 0. The van der Waals surface area contributed by atoms with Gasteiger partial charge < -0.3 is 21.0 Å². The van der Waals surface area contributed by atoms with E-state index in [2.05, 4.69) is 10.5 Å². The van der Waals surface area contributed by atoms with Crippen LogP contribution in [0.3, 0.4) is 0 Å². The van der Waals surface area contributed by atoms with Crippen LogP contribution in [0.15, 0.2) is 5.16 Å². The number of carbonyl (C=O) groups is 1. The highest BCUT2D eigenvalue weighted by atomic mass is 16.5. The Morgan fingerprint density at radius 1 is 1.61 bits per heavy atom. The normalized spacial score (nSPS) is 30.8. The predicted molar refractivity (Wildman–Crippen MR) is 66.2 cm³/mol. The number of nitrogens with zero attached hydrogens (tertiary/aromatic N) is 1. The number of nitrogens with two attached hydrogens (primary N) is 1. The number of amidine groups is 1. The molecule has 102 valence electrons. The first-order chi connectivity index (χ1) is 8.60. The third kappa shape index (κ3) is 2.16. The molecule has 1 aliphatic heterocycles. The average Bonchev–Trinajstić information content (AvgIpc) is 2.70. The van der Waals surface area contributed by atoms with Crippen LogP contribution in [0.25, 0.3) is 0 Å². The molecule has 0 aromatic carbocycles. The summed E-state index contributed by atoms with van der Waals surface area (Å²) in [4.78, 5) is 12.2. The minimum Gasteiger partial charge on any atom is -0.409 e. The van der Waals surface area contributed by atoms with E-state index in [0.717, 1.165) is 19.4 Å². The molecule has 1 saturated carbocycles.